The number of H-pyrrole nitrogens is 1. The number of thiophene rings is 1. The molecule has 0 saturated carbocycles. The van der Waals surface area contributed by atoms with Crippen LogP contribution in [0.3, 0.4) is 0 Å². The highest BCUT2D eigenvalue weighted by molar-refractivity contribution is 7.19. The SMILES string of the molecule is Cc1cc2[nH]c(C(=O)ON3C(=O)c4ccccc4C3=O)cc2s1. The van der Waals surface area contributed by atoms with E-state index in [2.05, 4.69) is 4.98 Å². The zero-order valence-electron chi connectivity index (χ0n) is 12.0. The summed E-state index contributed by atoms with van der Waals surface area (Å²) in [4.78, 5) is 45.6. The molecule has 0 radical (unpaired) electrons. The van der Waals surface area contributed by atoms with Gasteiger partial charge in [0.2, 0.25) is 0 Å². The standard InChI is InChI=1S/C16H10N2O4S/c1-8-6-11-13(23-8)7-12(17-11)16(21)22-18-14(19)9-4-2-3-5-10(9)15(18)20/h2-7,17H,1H3. The van der Waals surface area contributed by atoms with Crippen LogP contribution < -0.4 is 0 Å². The van der Waals surface area contributed by atoms with Crippen molar-refractivity contribution in [3.05, 3.63) is 58.1 Å². The lowest BCUT2D eigenvalue weighted by atomic mass is 10.1. The van der Waals surface area contributed by atoms with Crippen molar-refractivity contribution >= 4 is 39.3 Å². The number of aromatic amines is 1. The first-order chi connectivity index (χ1) is 11.0. The Morgan fingerprint density at radius 2 is 1.78 bits per heavy atom. The maximum Gasteiger partial charge on any atom is 0.380 e. The zero-order chi connectivity index (χ0) is 16.1. The van der Waals surface area contributed by atoms with Crippen LogP contribution in [0, 0.1) is 6.92 Å². The Morgan fingerprint density at radius 1 is 1.13 bits per heavy atom. The summed E-state index contributed by atoms with van der Waals surface area (Å²) < 4.78 is 0.914. The Labute approximate surface area is 134 Å². The van der Waals surface area contributed by atoms with Crippen molar-refractivity contribution in [2.75, 3.05) is 0 Å². The number of imide groups is 1. The molecule has 2 amide bonds. The van der Waals surface area contributed by atoms with Crippen molar-refractivity contribution in [3.8, 4) is 0 Å². The number of carbonyl (C=O) groups is 3. The Morgan fingerprint density at radius 3 is 2.39 bits per heavy atom. The first-order valence-electron chi connectivity index (χ1n) is 6.84. The molecule has 3 aromatic rings. The Balaban J connectivity index is 1.60. The van der Waals surface area contributed by atoms with Gasteiger partial charge in [-0.05, 0) is 31.2 Å². The topological polar surface area (TPSA) is 79.5 Å². The molecule has 6 nitrogen and oxygen atoms in total. The van der Waals surface area contributed by atoms with Crippen LogP contribution >= 0.6 is 11.3 Å². The highest BCUT2D eigenvalue weighted by atomic mass is 32.1. The Kier molecular flexibility index (Phi) is 2.85. The van der Waals surface area contributed by atoms with E-state index in [1.807, 2.05) is 13.0 Å². The van der Waals surface area contributed by atoms with Crippen molar-refractivity contribution < 1.29 is 19.2 Å². The third-order valence-electron chi connectivity index (χ3n) is 3.58. The molecule has 0 spiro atoms. The van der Waals surface area contributed by atoms with E-state index < -0.39 is 17.8 Å². The van der Waals surface area contributed by atoms with Crippen molar-refractivity contribution in [1.29, 1.82) is 0 Å². The van der Waals surface area contributed by atoms with E-state index in [1.54, 1.807) is 18.2 Å². The molecule has 3 heterocycles. The molecular weight excluding hydrogens is 316 g/mol. The molecule has 0 bridgehead atoms. The van der Waals surface area contributed by atoms with Crippen LogP contribution in [0.25, 0.3) is 10.2 Å². The van der Waals surface area contributed by atoms with Crippen LogP contribution in [-0.2, 0) is 4.84 Å². The average molecular weight is 326 g/mol. The molecule has 114 valence electrons. The number of fused-ring (bicyclic) bond motifs is 2. The minimum Gasteiger partial charge on any atom is -0.348 e. The minimum atomic E-state index is -0.777. The molecule has 7 heteroatoms. The second-order valence-corrected chi connectivity index (χ2v) is 6.43. The molecule has 0 saturated heterocycles. The largest absolute Gasteiger partial charge is 0.380 e. The van der Waals surface area contributed by atoms with Gasteiger partial charge in [-0.25, -0.2) is 4.79 Å². The molecule has 0 fully saturated rings. The quantitative estimate of drug-likeness (QED) is 0.734. The van der Waals surface area contributed by atoms with Crippen LogP contribution in [0.4, 0.5) is 0 Å². The summed E-state index contributed by atoms with van der Waals surface area (Å²) in [6, 6.07) is 9.91. The Bertz CT molecular complexity index is 919. The predicted octanol–water partition coefficient (Wildman–Crippen LogP) is 2.91. The molecule has 1 N–H and O–H groups in total. The van der Waals surface area contributed by atoms with E-state index in [1.165, 1.54) is 23.5 Å². The highest BCUT2D eigenvalue weighted by Crippen LogP contribution is 2.27. The fourth-order valence-corrected chi connectivity index (χ4v) is 3.46. The normalized spacial score (nSPS) is 13.7. The highest BCUT2D eigenvalue weighted by Gasteiger charge is 2.39. The predicted molar refractivity (Wildman–Crippen MR) is 83.3 cm³/mol. The summed E-state index contributed by atoms with van der Waals surface area (Å²) in [5.74, 6) is -2.05. The first kappa shape index (κ1) is 13.7. The number of aryl methyl sites for hydroxylation is 1. The maximum absolute atomic E-state index is 12.2. The number of hydrogen-bond acceptors (Lipinski definition) is 5. The van der Waals surface area contributed by atoms with Gasteiger partial charge in [0, 0.05) is 4.88 Å². The number of hydrogen-bond donors (Lipinski definition) is 1. The van der Waals surface area contributed by atoms with Gasteiger partial charge in [0.05, 0.1) is 21.3 Å². The fourth-order valence-electron chi connectivity index (χ4n) is 2.54. The fraction of sp³-hybridized carbons (Fsp3) is 0.0625. The smallest absolute Gasteiger partial charge is 0.348 e. The van der Waals surface area contributed by atoms with E-state index in [-0.39, 0.29) is 16.8 Å². The Hall–Kier alpha value is -2.93. The lowest BCUT2D eigenvalue weighted by Crippen LogP contribution is -2.32. The molecule has 0 atom stereocenters. The summed E-state index contributed by atoms with van der Waals surface area (Å²) in [5.41, 5.74) is 1.48. The monoisotopic (exact) mass is 326 g/mol. The van der Waals surface area contributed by atoms with Gasteiger partial charge >= 0.3 is 5.97 Å². The average Bonchev–Trinajstić information content (AvgIpc) is 3.14. The van der Waals surface area contributed by atoms with Gasteiger partial charge in [0.1, 0.15) is 5.69 Å². The number of benzene rings is 1. The first-order valence-corrected chi connectivity index (χ1v) is 7.65. The molecule has 1 aromatic carbocycles. The van der Waals surface area contributed by atoms with Crippen molar-refractivity contribution in [2.24, 2.45) is 0 Å². The molecule has 0 aliphatic carbocycles. The van der Waals surface area contributed by atoms with Crippen LogP contribution in [0.2, 0.25) is 0 Å². The molecule has 2 aromatic heterocycles. The second-order valence-electron chi connectivity index (χ2n) is 5.15. The van der Waals surface area contributed by atoms with E-state index in [9.17, 15) is 14.4 Å². The number of hydroxylamine groups is 2. The van der Waals surface area contributed by atoms with Crippen molar-refractivity contribution in [3.63, 3.8) is 0 Å². The van der Waals surface area contributed by atoms with Gasteiger partial charge in [0.15, 0.2) is 0 Å². The van der Waals surface area contributed by atoms with Crippen LogP contribution in [0.1, 0.15) is 36.1 Å². The van der Waals surface area contributed by atoms with Crippen LogP contribution in [0.15, 0.2) is 36.4 Å². The summed E-state index contributed by atoms with van der Waals surface area (Å²) in [7, 11) is 0. The molecule has 4 rings (SSSR count). The van der Waals surface area contributed by atoms with E-state index >= 15 is 0 Å². The van der Waals surface area contributed by atoms with Gasteiger partial charge in [-0.3, -0.25) is 9.59 Å². The lowest BCUT2D eigenvalue weighted by Gasteiger charge is -2.11. The van der Waals surface area contributed by atoms with Gasteiger partial charge in [-0.15, -0.1) is 11.3 Å². The van der Waals surface area contributed by atoms with Crippen LogP contribution in [-0.4, -0.2) is 27.8 Å². The summed E-state index contributed by atoms with van der Waals surface area (Å²) >= 11 is 1.54. The number of rotatable bonds is 2. The second kappa shape index (κ2) is 4.79. The number of aromatic nitrogens is 1. The number of nitrogens with zero attached hydrogens (tertiary/aromatic N) is 1. The molecule has 1 aliphatic heterocycles. The van der Waals surface area contributed by atoms with E-state index in [0.717, 1.165) is 15.1 Å². The summed E-state index contributed by atoms with van der Waals surface area (Å²) in [5, 5.41) is 0.507. The van der Waals surface area contributed by atoms with E-state index in [0.29, 0.717) is 5.06 Å². The molecule has 23 heavy (non-hydrogen) atoms. The van der Waals surface area contributed by atoms with Crippen LogP contribution in [0.5, 0.6) is 0 Å². The number of amides is 2. The molecular formula is C16H10N2O4S. The molecule has 0 unspecified atom stereocenters. The maximum atomic E-state index is 12.2. The van der Waals surface area contributed by atoms with Gasteiger partial charge in [-0.2, -0.15) is 0 Å². The number of carbonyl (C=O) groups excluding carboxylic acids is 3. The molecule has 1 aliphatic rings. The summed E-state index contributed by atoms with van der Waals surface area (Å²) in [6.07, 6.45) is 0. The van der Waals surface area contributed by atoms with Gasteiger partial charge in [0.25, 0.3) is 11.8 Å². The zero-order valence-corrected chi connectivity index (χ0v) is 12.8. The van der Waals surface area contributed by atoms with Crippen molar-refractivity contribution in [1.82, 2.24) is 10.0 Å². The third kappa shape index (κ3) is 2.05. The summed E-state index contributed by atoms with van der Waals surface area (Å²) in [6.45, 7) is 1.97. The van der Waals surface area contributed by atoms with Gasteiger partial charge < -0.3 is 9.82 Å². The van der Waals surface area contributed by atoms with E-state index in [4.69, 9.17) is 4.84 Å². The van der Waals surface area contributed by atoms with Gasteiger partial charge in [-0.1, -0.05) is 17.2 Å². The van der Waals surface area contributed by atoms with Crippen molar-refractivity contribution in [2.45, 2.75) is 6.92 Å². The lowest BCUT2D eigenvalue weighted by molar-refractivity contribution is -0.0587. The third-order valence-corrected chi connectivity index (χ3v) is 4.58. The number of nitrogens with one attached hydrogen (secondary N) is 1. The minimum absolute atomic E-state index is 0.197.